The van der Waals surface area contributed by atoms with Crippen LogP contribution >= 0.6 is 0 Å². The van der Waals surface area contributed by atoms with E-state index in [2.05, 4.69) is 86.6 Å². The summed E-state index contributed by atoms with van der Waals surface area (Å²) in [5.41, 5.74) is 5.79. The second kappa shape index (κ2) is 9.74. The smallest absolute Gasteiger partial charge is 0.0165 e. The summed E-state index contributed by atoms with van der Waals surface area (Å²) in [6.07, 6.45) is 0. The molecule has 0 aliphatic heterocycles. The summed E-state index contributed by atoms with van der Waals surface area (Å²) >= 11 is 0. The number of fused-ring (bicyclic) bond motifs is 8. The largest absolute Gasteiger partial charge is 0.0683 e. The third-order valence-corrected chi connectivity index (χ3v) is 5.43. The van der Waals surface area contributed by atoms with Gasteiger partial charge < -0.3 is 0 Å². The summed E-state index contributed by atoms with van der Waals surface area (Å²) in [5, 5.41) is 5.48. The summed E-state index contributed by atoms with van der Waals surface area (Å²) < 4.78 is 0. The van der Waals surface area contributed by atoms with Crippen LogP contribution < -0.4 is 0 Å². The fourth-order valence-electron chi connectivity index (χ4n) is 4.45. The third kappa shape index (κ3) is 3.57. The first-order chi connectivity index (χ1) is 14.2. The van der Waals surface area contributed by atoms with Crippen LogP contribution in [0.25, 0.3) is 32.7 Å². The molecule has 0 amide bonds. The highest BCUT2D eigenvalue weighted by atomic mass is 14.4. The van der Waals surface area contributed by atoms with Gasteiger partial charge in [0.15, 0.2) is 0 Å². The fraction of sp³-hybridized carbons (Fsp3) is 0.310. The molecule has 29 heavy (non-hydrogen) atoms. The van der Waals surface area contributed by atoms with Crippen molar-refractivity contribution in [3.63, 3.8) is 0 Å². The normalized spacial score (nSPS) is 12.4. The minimum atomic E-state index is 0.0373. The first-order valence-electron chi connectivity index (χ1n) is 11.2. The molecule has 0 heteroatoms. The monoisotopic (exact) mass is 384 g/mol. The lowest BCUT2D eigenvalue weighted by molar-refractivity contribution is 0.666. The Morgan fingerprint density at radius 3 is 1.48 bits per heavy atom. The van der Waals surface area contributed by atoms with Crippen molar-refractivity contribution in [3.8, 4) is 11.1 Å². The quantitative estimate of drug-likeness (QED) is 0.265. The minimum absolute atomic E-state index is 0.0373. The third-order valence-electron chi connectivity index (χ3n) is 5.43. The van der Waals surface area contributed by atoms with Gasteiger partial charge in [0, 0.05) is 5.41 Å². The second-order valence-electron chi connectivity index (χ2n) is 7.01. The molecule has 0 aromatic heterocycles. The Labute approximate surface area is 177 Å². The second-order valence-corrected chi connectivity index (χ2v) is 7.01. The zero-order valence-electron chi connectivity index (χ0n) is 19.4. The van der Waals surface area contributed by atoms with Crippen molar-refractivity contribution in [2.45, 2.75) is 60.8 Å². The molecule has 152 valence electrons. The Morgan fingerprint density at radius 1 is 0.483 bits per heavy atom. The van der Waals surface area contributed by atoms with Gasteiger partial charge in [-0.25, -0.2) is 0 Å². The van der Waals surface area contributed by atoms with Gasteiger partial charge in [-0.3, -0.25) is 0 Å². The molecule has 0 saturated carbocycles. The molecule has 0 radical (unpaired) electrons. The highest BCUT2D eigenvalue weighted by Crippen LogP contribution is 2.54. The number of rotatable bonds is 0. The van der Waals surface area contributed by atoms with Crippen molar-refractivity contribution in [1.29, 1.82) is 0 Å². The van der Waals surface area contributed by atoms with Gasteiger partial charge in [-0.1, -0.05) is 128 Å². The van der Waals surface area contributed by atoms with Gasteiger partial charge in [-0.15, -0.1) is 0 Å². The number of hydrogen-bond donors (Lipinski definition) is 0. The zero-order chi connectivity index (χ0) is 21.6. The molecular weight excluding hydrogens is 348 g/mol. The van der Waals surface area contributed by atoms with E-state index < -0.39 is 0 Å². The van der Waals surface area contributed by atoms with E-state index in [0.717, 1.165) is 0 Å². The zero-order valence-corrected chi connectivity index (χ0v) is 19.4. The van der Waals surface area contributed by atoms with E-state index in [-0.39, 0.29) is 5.41 Å². The molecule has 0 bridgehead atoms. The van der Waals surface area contributed by atoms with Crippen molar-refractivity contribution in [2.75, 3.05) is 0 Å². The summed E-state index contributed by atoms with van der Waals surface area (Å²) in [6.45, 7) is 16.7. The van der Waals surface area contributed by atoms with Crippen LogP contribution in [0.5, 0.6) is 0 Å². The van der Waals surface area contributed by atoms with Gasteiger partial charge in [-0.2, -0.15) is 0 Å². The van der Waals surface area contributed by atoms with Crippen molar-refractivity contribution in [1.82, 2.24) is 0 Å². The molecule has 0 fully saturated rings. The van der Waals surface area contributed by atoms with Crippen LogP contribution in [0, 0.1) is 0 Å². The Kier molecular flexibility index (Phi) is 7.62. The van der Waals surface area contributed by atoms with Crippen molar-refractivity contribution in [3.05, 3.63) is 83.9 Å². The Morgan fingerprint density at radius 2 is 0.897 bits per heavy atom. The molecule has 0 heterocycles. The molecule has 1 aliphatic carbocycles. The summed E-state index contributed by atoms with van der Waals surface area (Å²) in [5.74, 6) is 0. The maximum Gasteiger partial charge on any atom is 0.0165 e. The van der Waals surface area contributed by atoms with Crippen molar-refractivity contribution < 1.29 is 0 Å². The maximum absolute atomic E-state index is 2.36. The van der Waals surface area contributed by atoms with E-state index in [1.165, 1.54) is 43.8 Å². The van der Waals surface area contributed by atoms with Crippen molar-refractivity contribution in [2.24, 2.45) is 0 Å². The highest BCUT2D eigenvalue weighted by molar-refractivity contribution is 6.18. The van der Waals surface area contributed by atoms with Crippen LogP contribution in [0.3, 0.4) is 0 Å². The molecule has 0 N–H and O–H groups in total. The fourth-order valence-corrected chi connectivity index (χ4v) is 4.45. The maximum atomic E-state index is 2.36. The van der Waals surface area contributed by atoms with Gasteiger partial charge in [0.25, 0.3) is 0 Å². The van der Waals surface area contributed by atoms with E-state index in [1.54, 1.807) is 0 Å². The molecule has 1 aliphatic rings. The Bertz CT molecular complexity index is 1080. The number of hydrogen-bond acceptors (Lipinski definition) is 0. The number of benzene rings is 4. The molecule has 0 saturated heterocycles. The first kappa shape index (κ1) is 22.7. The van der Waals surface area contributed by atoms with Crippen LogP contribution in [0.2, 0.25) is 0 Å². The summed E-state index contributed by atoms with van der Waals surface area (Å²) in [4.78, 5) is 0. The molecule has 0 nitrogen and oxygen atoms in total. The van der Waals surface area contributed by atoms with Gasteiger partial charge >= 0.3 is 0 Å². The van der Waals surface area contributed by atoms with E-state index >= 15 is 0 Å². The first-order valence-corrected chi connectivity index (χ1v) is 11.2. The summed E-state index contributed by atoms with van der Waals surface area (Å²) in [6, 6.07) is 26.6. The predicted octanol–water partition coefficient (Wildman–Crippen LogP) is 9.38. The average Bonchev–Trinajstić information content (AvgIpc) is 3.06. The van der Waals surface area contributed by atoms with E-state index in [1.807, 2.05) is 41.5 Å². The molecule has 4 aromatic rings. The molecule has 0 atom stereocenters. The lowest BCUT2D eigenvalue weighted by Gasteiger charge is -2.24. The van der Waals surface area contributed by atoms with Gasteiger partial charge in [0.1, 0.15) is 0 Å². The summed E-state index contributed by atoms with van der Waals surface area (Å²) in [7, 11) is 0. The van der Waals surface area contributed by atoms with Gasteiger partial charge in [-0.05, 0) is 43.8 Å². The van der Waals surface area contributed by atoms with Crippen molar-refractivity contribution >= 4 is 21.5 Å². The molecule has 4 aromatic carbocycles. The van der Waals surface area contributed by atoms with Gasteiger partial charge in [0.05, 0.1) is 0 Å². The van der Waals surface area contributed by atoms with E-state index in [9.17, 15) is 0 Å². The SMILES string of the molecule is CC.CC.CC.CC1(C)c2ccccc2-c2c1c1ccccc1c1ccccc21. The Balaban J connectivity index is 0.000000461. The van der Waals surface area contributed by atoms with Crippen LogP contribution in [0.4, 0.5) is 0 Å². The lowest BCUT2D eigenvalue weighted by atomic mass is 9.79. The van der Waals surface area contributed by atoms with Gasteiger partial charge in [0.2, 0.25) is 0 Å². The minimum Gasteiger partial charge on any atom is -0.0683 e. The van der Waals surface area contributed by atoms with E-state index in [4.69, 9.17) is 0 Å². The van der Waals surface area contributed by atoms with Crippen LogP contribution in [0.1, 0.15) is 66.5 Å². The lowest BCUT2D eigenvalue weighted by Crippen LogP contribution is -2.15. The molecule has 0 unspecified atom stereocenters. The topological polar surface area (TPSA) is 0 Å². The van der Waals surface area contributed by atoms with E-state index in [0.29, 0.717) is 0 Å². The highest BCUT2D eigenvalue weighted by Gasteiger charge is 2.37. The average molecular weight is 385 g/mol. The van der Waals surface area contributed by atoms with Crippen LogP contribution in [-0.2, 0) is 5.41 Å². The molecule has 5 rings (SSSR count). The molecular formula is C29H36. The Hall–Kier alpha value is -2.60. The standard InChI is InChI=1S/C23H18.3C2H6/c1-23(2)20-14-8-7-13-19(20)21-17-11-5-3-9-15(17)16-10-4-6-12-18(16)22(21)23;3*1-2/h3-14H,1-2H3;3*1-2H3. The van der Waals surface area contributed by atoms with Crippen LogP contribution in [0.15, 0.2) is 72.8 Å². The molecule has 0 spiro atoms. The van der Waals surface area contributed by atoms with Crippen LogP contribution in [-0.4, -0.2) is 0 Å². The predicted molar refractivity (Wildman–Crippen MR) is 133 cm³/mol.